The predicted octanol–water partition coefficient (Wildman–Crippen LogP) is 1.11. The van der Waals surface area contributed by atoms with Crippen molar-refractivity contribution in [2.45, 2.75) is 19.1 Å². The molecule has 1 fully saturated rings. The van der Waals surface area contributed by atoms with E-state index in [0.29, 0.717) is 23.0 Å². The van der Waals surface area contributed by atoms with E-state index in [9.17, 15) is 14.7 Å². The summed E-state index contributed by atoms with van der Waals surface area (Å²) in [5.74, 6) is -2.03. The molecule has 2 unspecified atom stereocenters. The molecule has 0 spiro atoms. The normalized spacial score (nSPS) is 22.2. The Bertz CT molecular complexity index is 516. The zero-order chi connectivity index (χ0) is 14.7. The Balaban J connectivity index is 1.99. The van der Waals surface area contributed by atoms with Gasteiger partial charge in [-0.15, -0.1) is 0 Å². The smallest absolute Gasteiger partial charge is 0.235 e. The van der Waals surface area contributed by atoms with Crippen LogP contribution in [0.1, 0.15) is 12.0 Å². The van der Waals surface area contributed by atoms with Gasteiger partial charge in [-0.25, -0.2) is 0 Å². The van der Waals surface area contributed by atoms with Crippen molar-refractivity contribution in [3.8, 4) is 0 Å². The number of hydrogen-bond acceptors (Lipinski definition) is 3. The second kappa shape index (κ2) is 6.43. The van der Waals surface area contributed by atoms with Crippen LogP contribution >= 0.6 is 23.2 Å². The number of carbonyl (C=O) groups excluding carboxylic acids is 2. The standard InChI is InChI=1S/C13H14Cl2N2O3/c14-8-3-7(4-9(15)5-8)6-17-13(20)11-10(18)1-2-16-12(11)19/h3-5,10-11,18H,1-2,6H2,(H,16,19)(H,17,20). The highest BCUT2D eigenvalue weighted by Gasteiger charge is 2.36. The highest BCUT2D eigenvalue weighted by molar-refractivity contribution is 6.34. The molecule has 1 aliphatic rings. The van der Waals surface area contributed by atoms with Gasteiger partial charge in [-0.05, 0) is 30.2 Å². The number of piperidine rings is 1. The molecule has 2 atom stereocenters. The Morgan fingerprint density at radius 3 is 2.60 bits per heavy atom. The average molecular weight is 317 g/mol. The van der Waals surface area contributed by atoms with E-state index in [4.69, 9.17) is 23.2 Å². The van der Waals surface area contributed by atoms with E-state index in [2.05, 4.69) is 10.6 Å². The lowest BCUT2D eigenvalue weighted by Crippen LogP contribution is -2.51. The molecule has 3 N–H and O–H groups in total. The molecule has 0 aliphatic carbocycles. The number of carbonyl (C=O) groups is 2. The van der Waals surface area contributed by atoms with E-state index in [-0.39, 0.29) is 6.54 Å². The molecule has 2 amide bonds. The SMILES string of the molecule is O=C1NCCC(O)C1C(=O)NCc1cc(Cl)cc(Cl)c1. The molecule has 1 aromatic rings. The van der Waals surface area contributed by atoms with Gasteiger partial charge < -0.3 is 15.7 Å². The van der Waals surface area contributed by atoms with E-state index in [0.717, 1.165) is 5.56 Å². The number of amides is 2. The summed E-state index contributed by atoms with van der Waals surface area (Å²) in [7, 11) is 0. The molecule has 108 valence electrons. The molecule has 1 aromatic carbocycles. The molecule has 0 radical (unpaired) electrons. The Hall–Kier alpha value is -1.30. The van der Waals surface area contributed by atoms with Crippen molar-refractivity contribution >= 4 is 35.0 Å². The lowest BCUT2D eigenvalue weighted by molar-refractivity contribution is -0.142. The maximum atomic E-state index is 12.0. The zero-order valence-corrected chi connectivity index (χ0v) is 12.0. The number of aliphatic hydroxyl groups excluding tert-OH is 1. The second-order valence-electron chi connectivity index (χ2n) is 4.62. The molecule has 1 heterocycles. The van der Waals surface area contributed by atoms with Gasteiger partial charge >= 0.3 is 0 Å². The Morgan fingerprint density at radius 2 is 2.00 bits per heavy atom. The molecular weight excluding hydrogens is 303 g/mol. The van der Waals surface area contributed by atoms with Gasteiger partial charge in [0.15, 0.2) is 0 Å². The van der Waals surface area contributed by atoms with Gasteiger partial charge in [-0.3, -0.25) is 9.59 Å². The zero-order valence-electron chi connectivity index (χ0n) is 10.5. The largest absolute Gasteiger partial charge is 0.392 e. The van der Waals surface area contributed by atoms with Crippen LogP contribution in [0.25, 0.3) is 0 Å². The number of rotatable bonds is 3. The summed E-state index contributed by atoms with van der Waals surface area (Å²) in [6.45, 7) is 0.573. The van der Waals surface area contributed by atoms with Crippen molar-refractivity contribution in [3.05, 3.63) is 33.8 Å². The maximum Gasteiger partial charge on any atom is 0.235 e. The summed E-state index contributed by atoms with van der Waals surface area (Å²) in [5.41, 5.74) is 0.724. The molecule has 0 aromatic heterocycles. The first kappa shape index (κ1) is 15.1. The summed E-state index contributed by atoms with van der Waals surface area (Å²) >= 11 is 11.7. The van der Waals surface area contributed by atoms with Gasteiger partial charge in [-0.2, -0.15) is 0 Å². The highest BCUT2D eigenvalue weighted by Crippen LogP contribution is 2.19. The van der Waals surface area contributed by atoms with Gasteiger partial charge in [0.25, 0.3) is 0 Å². The van der Waals surface area contributed by atoms with Crippen molar-refractivity contribution < 1.29 is 14.7 Å². The second-order valence-corrected chi connectivity index (χ2v) is 5.49. The molecular formula is C13H14Cl2N2O3. The van der Waals surface area contributed by atoms with E-state index >= 15 is 0 Å². The highest BCUT2D eigenvalue weighted by atomic mass is 35.5. The number of nitrogens with one attached hydrogen (secondary N) is 2. The lowest BCUT2D eigenvalue weighted by Gasteiger charge is -2.26. The summed E-state index contributed by atoms with van der Waals surface area (Å²) in [4.78, 5) is 23.6. The molecule has 1 saturated heterocycles. The monoisotopic (exact) mass is 316 g/mol. The molecule has 7 heteroatoms. The van der Waals surface area contributed by atoms with Crippen LogP contribution in [0.3, 0.4) is 0 Å². The number of aliphatic hydroxyl groups is 1. The van der Waals surface area contributed by atoms with Crippen LogP contribution in [0.2, 0.25) is 10.0 Å². The average Bonchev–Trinajstić information content (AvgIpc) is 2.35. The summed E-state index contributed by atoms with van der Waals surface area (Å²) in [6, 6.07) is 4.93. The predicted molar refractivity (Wildman–Crippen MR) is 75.4 cm³/mol. The summed E-state index contributed by atoms with van der Waals surface area (Å²) < 4.78 is 0. The first-order valence-corrected chi connectivity index (χ1v) is 6.91. The van der Waals surface area contributed by atoms with Crippen molar-refractivity contribution in [1.29, 1.82) is 0 Å². The van der Waals surface area contributed by atoms with E-state index < -0.39 is 23.8 Å². The third-order valence-corrected chi connectivity index (χ3v) is 3.51. The molecule has 0 saturated carbocycles. The summed E-state index contributed by atoms with van der Waals surface area (Å²) in [6.07, 6.45) is -0.584. The minimum atomic E-state index is -1.07. The fraction of sp³-hybridized carbons (Fsp3) is 0.385. The molecule has 5 nitrogen and oxygen atoms in total. The van der Waals surface area contributed by atoms with Crippen LogP contribution in [0.15, 0.2) is 18.2 Å². The quantitative estimate of drug-likeness (QED) is 0.731. The Kier molecular flexibility index (Phi) is 4.86. The third kappa shape index (κ3) is 3.62. The summed E-state index contributed by atoms with van der Waals surface area (Å²) in [5, 5.41) is 15.8. The topological polar surface area (TPSA) is 78.4 Å². The lowest BCUT2D eigenvalue weighted by atomic mass is 9.94. The molecule has 2 rings (SSSR count). The molecule has 0 bridgehead atoms. The minimum absolute atomic E-state index is 0.190. The van der Waals surface area contributed by atoms with Crippen LogP contribution < -0.4 is 10.6 Å². The fourth-order valence-electron chi connectivity index (χ4n) is 2.10. The Morgan fingerprint density at radius 1 is 1.35 bits per heavy atom. The van der Waals surface area contributed by atoms with Crippen LogP contribution in [-0.2, 0) is 16.1 Å². The van der Waals surface area contributed by atoms with Gasteiger partial charge in [0.2, 0.25) is 11.8 Å². The van der Waals surface area contributed by atoms with E-state index in [1.807, 2.05) is 0 Å². The van der Waals surface area contributed by atoms with Crippen LogP contribution in [0.5, 0.6) is 0 Å². The van der Waals surface area contributed by atoms with Gasteiger partial charge in [0, 0.05) is 23.1 Å². The third-order valence-electron chi connectivity index (χ3n) is 3.08. The van der Waals surface area contributed by atoms with Gasteiger partial charge in [-0.1, -0.05) is 23.2 Å². The fourth-order valence-corrected chi connectivity index (χ4v) is 2.67. The van der Waals surface area contributed by atoms with Crippen molar-refractivity contribution in [3.63, 3.8) is 0 Å². The van der Waals surface area contributed by atoms with Crippen molar-refractivity contribution in [1.82, 2.24) is 10.6 Å². The van der Waals surface area contributed by atoms with Crippen LogP contribution in [0.4, 0.5) is 0 Å². The number of benzene rings is 1. The molecule has 1 aliphatic heterocycles. The van der Waals surface area contributed by atoms with E-state index in [1.54, 1.807) is 18.2 Å². The van der Waals surface area contributed by atoms with Crippen molar-refractivity contribution in [2.24, 2.45) is 5.92 Å². The number of halogens is 2. The van der Waals surface area contributed by atoms with Crippen molar-refractivity contribution in [2.75, 3.05) is 6.54 Å². The van der Waals surface area contributed by atoms with E-state index in [1.165, 1.54) is 0 Å². The minimum Gasteiger partial charge on any atom is -0.392 e. The van der Waals surface area contributed by atoms with Crippen LogP contribution in [0, 0.1) is 5.92 Å². The van der Waals surface area contributed by atoms with Gasteiger partial charge in [0.05, 0.1) is 6.10 Å². The molecule has 20 heavy (non-hydrogen) atoms. The number of hydrogen-bond donors (Lipinski definition) is 3. The first-order valence-electron chi connectivity index (χ1n) is 6.16. The van der Waals surface area contributed by atoms with Gasteiger partial charge in [0.1, 0.15) is 5.92 Å². The maximum absolute atomic E-state index is 12.0. The Labute approximate surface area is 126 Å². The first-order chi connectivity index (χ1) is 9.47. The van der Waals surface area contributed by atoms with Crippen LogP contribution in [-0.4, -0.2) is 29.6 Å².